The summed E-state index contributed by atoms with van der Waals surface area (Å²) in [6.45, 7) is 0. The summed E-state index contributed by atoms with van der Waals surface area (Å²) in [4.78, 5) is 4.30. The van der Waals surface area contributed by atoms with Gasteiger partial charge in [0.05, 0.1) is 11.3 Å². The molecule has 0 amide bonds. The average Bonchev–Trinajstić information content (AvgIpc) is 2.45. The van der Waals surface area contributed by atoms with E-state index in [1.165, 1.54) is 15.2 Å². The molecule has 1 N–H and O–H groups in total. The maximum Gasteiger partial charge on any atom is 0.133 e. The zero-order valence-electron chi connectivity index (χ0n) is 10.8. The van der Waals surface area contributed by atoms with Crippen LogP contribution in [-0.4, -0.2) is 11.3 Å². The Morgan fingerprint density at radius 1 is 1.25 bits per heavy atom. The van der Waals surface area contributed by atoms with E-state index in [1.807, 2.05) is 18.4 Å². The van der Waals surface area contributed by atoms with Crippen LogP contribution in [0.2, 0.25) is 0 Å². The van der Waals surface area contributed by atoms with Crippen LogP contribution in [0.5, 0.6) is 5.75 Å². The zero-order chi connectivity index (χ0) is 14.4. The van der Waals surface area contributed by atoms with Crippen LogP contribution in [0.3, 0.4) is 0 Å². The number of phenolic OH excluding ortho intramolecular Hbond substituents is 1. The highest BCUT2D eigenvalue weighted by molar-refractivity contribution is 14.1. The lowest BCUT2D eigenvalue weighted by Gasteiger charge is -1.99. The minimum Gasteiger partial charge on any atom is -0.507 e. The average molecular weight is 376 g/mol. The summed E-state index contributed by atoms with van der Waals surface area (Å²) in [7, 11) is 0. The van der Waals surface area contributed by atoms with Gasteiger partial charge in [-0.2, -0.15) is 5.26 Å². The maximum absolute atomic E-state index is 9.41. The predicted molar refractivity (Wildman–Crippen MR) is 88.5 cm³/mol. The SMILES string of the molecule is N#Cc1cc(N=CCCc2cccc(I)c2)ccc1O. The zero-order valence-corrected chi connectivity index (χ0v) is 12.9. The molecule has 0 heterocycles. The van der Waals surface area contributed by atoms with Gasteiger partial charge in [0.2, 0.25) is 0 Å². The molecule has 0 atom stereocenters. The Balaban J connectivity index is 1.96. The smallest absolute Gasteiger partial charge is 0.133 e. The molecular weight excluding hydrogens is 363 g/mol. The van der Waals surface area contributed by atoms with Crippen molar-refractivity contribution in [3.05, 3.63) is 57.2 Å². The number of hydrogen-bond donors (Lipinski definition) is 1. The number of benzene rings is 2. The molecule has 0 saturated carbocycles. The van der Waals surface area contributed by atoms with E-state index in [9.17, 15) is 5.11 Å². The van der Waals surface area contributed by atoms with Crippen LogP contribution in [0, 0.1) is 14.9 Å². The molecule has 2 aromatic carbocycles. The number of aromatic hydroxyl groups is 1. The van der Waals surface area contributed by atoms with E-state index in [0.29, 0.717) is 5.69 Å². The molecule has 0 fully saturated rings. The van der Waals surface area contributed by atoms with Crippen molar-refractivity contribution in [2.75, 3.05) is 0 Å². The summed E-state index contributed by atoms with van der Waals surface area (Å²) in [5.41, 5.74) is 2.21. The van der Waals surface area contributed by atoms with Crippen molar-refractivity contribution in [1.82, 2.24) is 0 Å². The van der Waals surface area contributed by atoms with Crippen molar-refractivity contribution < 1.29 is 5.11 Å². The van der Waals surface area contributed by atoms with Crippen molar-refractivity contribution in [3.63, 3.8) is 0 Å². The van der Waals surface area contributed by atoms with Gasteiger partial charge in [0, 0.05) is 9.78 Å². The molecule has 0 aliphatic heterocycles. The Hall–Kier alpha value is -1.87. The third-order valence-corrected chi connectivity index (χ3v) is 3.46. The number of nitrogens with zero attached hydrogens (tertiary/aromatic N) is 2. The Bertz CT molecular complexity index is 674. The first-order chi connectivity index (χ1) is 9.69. The van der Waals surface area contributed by atoms with Crippen molar-refractivity contribution in [2.45, 2.75) is 12.8 Å². The van der Waals surface area contributed by atoms with Gasteiger partial charge in [0.25, 0.3) is 0 Å². The van der Waals surface area contributed by atoms with E-state index in [-0.39, 0.29) is 11.3 Å². The Labute approximate surface area is 131 Å². The highest BCUT2D eigenvalue weighted by atomic mass is 127. The summed E-state index contributed by atoms with van der Waals surface area (Å²) >= 11 is 2.30. The molecule has 2 aromatic rings. The molecule has 0 aromatic heterocycles. The highest BCUT2D eigenvalue weighted by Crippen LogP contribution is 2.22. The third kappa shape index (κ3) is 4.07. The fraction of sp³-hybridized carbons (Fsp3) is 0.125. The van der Waals surface area contributed by atoms with Crippen LogP contribution in [-0.2, 0) is 6.42 Å². The molecule has 0 aliphatic rings. The van der Waals surface area contributed by atoms with Gasteiger partial charge in [-0.25, -0.2) is 0 Å². The lowest BCUT2D eigenvalue weighted by molar-refractivity contribution is 0.473. The van der Waals surface area contributed by atoms with Crippen molar-refractivity contribution in [2.24, 2.45) is 4.99 Å². The van der Waals surface area contributed by atoms with Crippen LogP contribution < -0.4 is 0 Å². The van der Waals surface area contributed by atoms with E-state index in [2.05, 4.69) is 45.8 Å². The van der Waals surface area contributed by atoms with Crippen LogP contribution in [0.25, 0.3) is 0 Å². The second kappa shape index (κ2) is 7.06. The normalized spacial score (nSPS) is 10.6. The van der Waals surface area contributed by atoms with Gasteiger partial charge in [-0.05, 0) is 71.3 Å². The summed E-state index contributed by atoms with van der Waals surface area (Å²) in [6, 6.07) is 15.1. The van der Waals surface area contributed by atoms with Gasteiger partial charge >= 0.3 is 0 Å². The summed E-state index contributed by atoms with van der Waals surface area (Å²) in [6.07, 6.45) is 3.61. The number of aryl methyl sites for hydroxylation is 1. The summed E-state index contributed by atoms with van der Waals surface area (Å²) in [5, 5.41) is 18.2. The van der Waals surface area contributed by atoms with Crippen LogP contribution in [0.4, 0.5) is 5.69 Å². The molecule has 0 unspecified atom stereocenters. The minimum absolute atomic E-state index is 0.00897. The molecule has 2 rings (SSSR count). The maximum atomic E-state index is 9.41. The number of aliphatic imine (C=N–C) groups is 1. The van der Waals surface area contributed by atoms with Crippen molar-refractivity contribution in [1.29, 1.82) is 5.26 Å². The van der Waals surface area contributed by atoms with E-state index in [0.717, 1.165) is 12.8 Å². The number of phenols is 1. The van der Waals surface area contributed by atoms with Crippen LogP contribution in [0.1, 0.15) is 17.5 Å². The monoisotopic (exact) mass is 376 g/mol. The first-order valence-electron chi connectivity index (χ1n) is 6.19. The van der Waals surface area contributed by atoms with E-state index in [4.69, 9.17) is 5.26 Å². The Morgan fingerprint density at radius 3 is 2.85 bits per heavy atom. The molecule has 3 nitrogen and oxygen atoms in total. The number of halogens is 1. The number of nitriles is 1. The molecular formula is C16H13IN2O. The number of hydrogen-bond acceptors (Lipinski definition) is 3. The molecule has 4 heteroatoms. The number of rotatable bonds is 4. The van der Waals surface area contributed by atoms with Gasteiger partial charge < -0.3 is 5.11 Å². The molecule has 0 saturated heterocycles. The predicted octanol–water partition coefficient (Wildman–Crippen LogP) is 4.20. The van der Waals surface area contributed by atoms with Crippen LogP contribution >= 0.6 is 22.6 Å². The molecule has 20 heavy (non-hydrogen) atoms. The minimum atomic E-state index is -0.00897. The molecule has 0 radical (unpaired) electrons. The van der Waals surface area contributed by atoms with Crippen molar-refractivity contribution in [3.8, 4) is 11.8 Å². The molecule has 100 valence electrons. The second-order valence-corrected chi connectivity index (χ2v) is 5.54. The third-order valence-electron chi connectivity index (χ3n) is 2.79. The molecule has 0 bridgehead atoms. The Morgan fingerprint density at radius 2 is 2.10 bits per heavy atom. The van der Waals surface area contributed by atoms with Gasteiger partial charge in [-0.1, -0.05) is 12.1 Å². The van der Waals surface area contributed by atoms with Crippen molar-refractivity contribution >= 4 is 34.5 Å². The lowest BCUT2D eigenvalue weighted by Crippen LogP contribution is -1.86. The van der Waals surface area contributed by atoms with Gasteiger partial charge in [-0.3, -0.25) is 4.99 Å². The first-order valence-corrected chi connectivity index (χ1v) is 7.27. The standard InChI is InChI=1S/C16H13IN2O/c17-14-5-1-3-12(9-14)4-2-8-19-15-6-7-16(20)13(10-15)11-18/h1,3,5-10,20H,2,4H2. The van der Waals surface area contributed by atoms with Crippen LogP contribution in [0.15, 0.2) is 47.5 Å². The van der Waals surface area contributed by atoms with Gasteiger partial charge in [-0.15, -0.1) is 0 Å². The van der Waals surface area contributed by atoms with Gasteiger partial charge in [0.1, 0.15) is 11.8 Å². The summed E-state index contributed by atoms with van der Waals surface area (Å²) < 4.78 is 1.23. The molecule has 0 aliphatic carbocycles. The first kappa shape index (κ1) is 14.5. The Kier molecular flexibility index (Phi) is 5.13. The quantitative estimate of drug-likeness (QED) is 0.642. The lowest BCUT2D eigenvalue weighted by atomic mass is 10.1. The fourth-order valence-electron chi connectivity index (χ4n) is 1.79. The second-order valence-electron chi connectivity index (χ2n) is 4.29. The molecule has 0 spiro atoms. The fourth-order valence-corrected chi connectivity index (χ4v) is 2.40. The highest BCUT2D eigenvalue weighted by Gasteiger charge is 2.00. The van der Waals surface area contributed by atoms with E-state index >= 15 is 0 Å². The topological polar surface area (TPSA) is 56.4 Å². The van der Waals surface area contributed by atoms with E-state index < -0.39 is 0 Å². The largest absolute Gasteiger partial charge is 0.507 e. The van der Waals surface area contributed by atoms with Gasteiger partial charge in [0.15, 0.2) is 0 Å². The van der Waals surface area contributed by atoms with E-state index in [1.54, 1.807) is 12.1 Å². The summed E-state index contributed by atoms with van der Waals surface area (Å²) in [5.74, 6) is -0.00897.